The molecule has 1 aliphatic heterocycles. The van der Waals surface area contributed by atoms with Gasteiger partial charge in [0.1, 0.15) is 5.60 Å². The average Bonchev–Trinajstić information content (AvgIpc) is 2.36. The number of carboxylic acid groups (broad SMARTS) is 1. The summed E-state index contributed by atoms with van der Waals surface area (Å²) in [4.78, 5) is 47.8. The van der Waals surface area contributed by atoms with Crippen molar-refractivity contribution < 1.29 is 29.0 Å². The summed E-state index contributed by atoms with van der Waals surface area (Å²) in [6.45, 7) is 6.58. The van der Waals surface area contributed by atoms with E-state index in [0.29, 0.717) is 6.42 Å². The van der Waals surface area contributed by atoms with Gasteiger partial charge in [-0.25, -0.2) is 4.79 Å². The van der Waals surface area contributed by atoms with Crippen LogP contribution in [0.3, 0.4) is 0 Å². The quantitative estimate of drug-likeness (QED) is 0.732. The summed E-state index contributed by atoms with van der Waals surface area (Å²) in [7, 11) is 0. The van der Waals surface area contributed by atoms with Gasteiger partial charge in [0.25, 0.3) is 0 Å². The van der Waals surface area contributed by atoms with Crippen LogP contribution in [0, 0.1) is 5.92 Å². The van der Waals surface area contributed by atoms with Gasteiger partial charge in [-0.05, 0) is 27.2 Å². The first kappa shape index (κ1) is 18.9. The molecule has 8 heteroatoms. The third kappa shape index (κ3) is 6.25. The van der Waals surface area contributed by atoms with E-state index in [1.165, 1.54) is 0 Å². The van der Waals surface area contributed by atoms with Gasteiger partial charge in [-0.3, -0.25) is 19.3 Å². The third-order valence-corrected chi connectivity index (χ3v) is 3.32. The van der Waals surface area contributed by atoms with Gasteiger partial charge in [-0.15, -0.1) is 0 Å². The number of carboxylic acids is 1. The van der Waals surface area contributed by atoms with E-state index in [-0.39, 0.29) is 30.7 Å². The highest BCUT2D eigenvalue weighted by molar-refractivity contribution is 5.98. The first-order valence-corrected chi connectivity index (χ1v) is 7.55. The summed E-state index contributed by atoms with van der Waals surface area (Å²) in [5.41, 5.74) is -0.733. The van der Waals surface area contributed by atoms with Crippen molar-refractivity contribution in [2.75, 3.05) is 6.54 Å². The van der Waals surface area contributed by atoms with Crippen molar-refractivity contribution >= 4 is 23.9 Å². The Morgan fingerprint density at radius 1 is 1.39 bits per heavy atom. The lowest BCUT2D eigenvalue weighted by Gasteiger charge is -2.32. The minimum absolute atomic E-state index is 0.173. The highest BCUT2D eigenvalue weighted by Crippen LogP contribution is 2.19. The Bertz CT molecular complexity index is 497. The van der Waals surface area contributed by atoms with Crippen molar-refractivity contribution in [3.63, 3.8) is 0 Å². The molecule has 0 aromatic carbocycles. The molecule has 0 radical (unpaired) electrons. The van der Waals surface area contributed by atoms with E-state index in [4.69, 9.17) is 9.84 Å². The fraction of sp³-hybridized carbons (Fsp3) is 0.733. The molecule has 1 fully saturated rings. The fourth-order valence-electron chi connectivity index (χ4n) is 2.25. The topological polar surface area (TPSA) is 113 Å². The smallest absolute Gasteiger partial charge is 0.407 e. The van der Waals surface area contributed by atoms with E-state index < -0.39 is 30.1 Å². The summed E-state index contributed by atoms with van der Waals surface area (Å²) in [6.07, 6.45) is -0.477. The van der Waals surface area contributed by atoms with Crippen molar-refractivity contribution in [1.29, 1.82) is 0 Å². The van der Waals surface area contributed by atoms with E-state index in [1.807, 2.05) is 0 Å². The van der Waals surface area contributed by atoms with E-state index in [2.05, 4.69) is 5.32 Å². The molecular formula is C15H24N2O6. The van der Waals surface area contributed by atoms with Gasteiger partial charge in [0, 0.05) is 18.9 Å². The number of carbonyl (C=O) groups excluding carboxylic acids is 3. The number of rotatable bonds is 5. The molecule has 0 bridgehead atoms. The minimum atomic E-state index is -1.14. The van der Waals surface area contributed by atoms with Gasteiger partial charge in [0.05, 0.1) is 12.5 Å². The summed E-state index contributed by atoms with van der Waals surface area (Å²) >= 11 is 0. The number of nitrogens with one attached hydrogen (secondary N) is 1. The molecule has 1 unspecified atom stereocenters. The Morgan fingerprint density at radius 3 is 2.52 bits per heavy atom. The molecule has 0 spiro atoms. The number of aliphatic carboxylic acids is 1. The van der Waals surface area contributed by atoms with Gasteiger partial charge in [0.15, 0.2) is 0 Å². The normalized spacial score (nSPS) is 20.2. The lowest BCUT2D eigenvalue weighted by atomic mass is 9.98. The second kappa shape index (κ2) is 7.43. The molecule has 2 atom stereocenters. The number of hydrogen-bond acceptors (Lipinski definition) is 5. The van der Waals surface area contributed by atoms with Crippen molar-refractivity contribution in [3.8, 4) is 0 Å². The standard InChI is InChI=1S/C15H24N2O6/c1-9-5-6-11(18)17(13(9)21)8-10(7-12(19)20)16-14(22)23-15(2,3)4/h9-10H,5-8H2,1-4H3,(H,16,22)(H,19,20)/t9?,10-/m0/s1. The summed E-state index contributed by atoms with van der Waals surface area (Å²) in [5, 5.41) is 11.4. The van der Waals surface area contributed by atoms with Crippen LogP contribution in [0.4, 0.5) is 4.79 Å². The van der Waals surface area contributed by atoms with Crippen molar-refractivity contribution in [2.45, 2.75) is 58.6 Å². The van der Waals surface area contributed by atoms with Crippen LogP contribution < -0.4 is 5.32 Å². The molecule has 0 aromatic rings. The molecule has 0 aliphatic carbocycles. The number of amides is 3. The monoisotopic (exact) mass is 328 g/mol. The van der Waals surface area contributed by atoms with Crippen LogP contribution in [0.2, 0.25) is 0 Å². The van der Waals surface area contributed by atoms with Crippen molar-refractivity contribution in [2.24, 2.45) is 5.92 Å². The van der Waals surface area contributed by atoms with E-state index in [1.54, 1.807) is 27.7 Å². The van der Waals surface area contributed by atoms with Gasteiger partial charge in [-0.2, -0.15) is 0 Å². The van der Waals surface area contributed by atoms with Crippen LogP contribution in [-0.2, 0) is 19.1 Å². The number of hydrogen-bond donors (Lipinski definition) is 2. The molecular weight excluding hydrogens is 304 g/mol. The number of ether oxygens (including phenoxy) is 1. The molecule has 130 valence electrons. The number of nitrogens with zero attached hydrogens (tertiary/aromatic N) is 1. The Kier molecular flexibility index (Phi) is 6.12. The highest BCUT2D eigenvalue weighted by atomic mass is 16.6. The molecule has 2 N–H and O–H groups in total. The van der Waals surface area contributed by atoms with E-state index in [9.17, 15) is 19.2 Å². The molecule has 1 rings (SSSR count). The van der Waals surface area contributed by atoms with Gasteiger partial charge < -0.3 is 15.2 Å². The summed E-state index contributed by atoms with van der Waals surface area (Å²) in [6, 6.07) is -0.902. The maximum atomic E-state index is 12.1. The van der Waals surface area contributed by atoms with Crippen LogP contribution in [0.1, 0.15) is 47.0 Å². The first-order valence-electron chi connectivity index (χ1n) is 7.55. The van der Waals surface area contributed by atoms with Crippen molar-refractivity contribution in [3.05, 3.63) is 0 Å². The second-order valence-electron chi connectivity index (χ2n) is 6.72. The summed E-state index contributed by atoms with van der Waals surface area (Å²) in [5.74, 6) is -2.13. The minimum Gasteiger partial charge on any atom is -0.481 e. The zero-order chi connectivity index (χ0) is 17.8. The van der Waals surface area contributed by atoms with Crippen LogP contribution in [0.25, 0.3) is 0 Å². The van der Waals surface area contributed by atoms with Crippen molar-refractivity contribution in [1.82, 2.24) is 10.2 Å². The Morgan fingerprint density at radius 2 is 2.00 bits per heavy atom. The predicted molar refractivity (Wildman–Crippen MR) is 80.5 cm³/mol. The van der Waals surface area contributed by atoms with Crippen LogP contribution in [0.5, 0.6) is 0 Å². The number of alkyl carbamates (subject to hydrolysis) is 1. The van der Waals surface area contributed by atoms with Crippen LogP contribution in [0.15, 0.2) is 0 Å². The molecule has 3 amide bonds. The Labute approximate surface area is 135 Å². The summed E-state index contributed by atoms with van der Waals surface area (Å²) < 4.78 is 5.08. The van der Waals surface area contributed by atoms with Gasteiger partial charge >= 0.3 is 12.1 Å². The van der Waals surface area contributed by atoms with Crippen LogP contribution >= 0.6 is 0 Å². The number of piperidine rings is 1. The third-order valence-electron chi connectivity index (χ3n) is 3.32. The number of likely N-dealkylation sites (tertiary alicyclic amines) is 1. The maximum absolute atomic E-state index is 12.1. The average molecular weight is 328 g/mol. The molecule has 8 nitrogen and oxygen atoms in total. The first-order chi connectivity index (χ1) is 10.5. The predicted octanol–water partition coefficient (Wildman–Crippen LogP) is 1.14. The zero-order valence-corrected chi connectivity index (χ0v) is 13.9. The van der Waals surface area contributed by atoms with Crippen LogP contribution in [-0.4, -0.2) is 52.1 Å². The van der Waals surface area contributed by atoms with E-state index >= 15 is 0 Å². The molecule has 23 heavy (non-hydrogen) atoms. The fourth-order valence-corrected chi connectivity index (χ4v) is 2.25. The largest absolute Gasteiger partial charge is 0.481 e. The van der Waals surface area contributed by atoms with E-state index in [0.717, 1.165) is 4.90 Å². The highest BCUT2D eigenvalue weighted by Gasteiger charge is 2.34. The SMILES string of the molecule is CC1CCC(=O)N(C[C@H](CC(=O)O)NC(=O)OC(C)(C)C)C1=O. The molecule has 1 aliphatic rings. The Balaban J connectivity index is 2.77. The number of carbonyl (C=O) groups is 4. The van der Waals surface area contributed by atoms with Gasteiger partial charge in [-0.1, -0.05) is 6.92 Å². The molecule has 1 heterocycles. The molecule has 0 saturated carbocycles. The second-order valence-corrected chi connectivity index (χ2v) is 6.72. The number of imide groups is 1. The lowest BCUT2D eigenvalue weighted by molar-refractivity contribution is -0.152. The molecule has 1 saturated heterocycles. The Hall–Kier alpha value is -2.12. The lowest BCUT2D eigenvalue weighted by Crippen LogP contribution is -2.52. The zero-order valence-electron chi connectivity index (χ0n) is 13.9. The van der Waals surface area contributed by atoms with Gasteiger partial charge in [0.2, 0.25) is 11.8 Å². The molecule has 0 aromatic heterocycles. The maximum Gasteiger partial charge on any atom is 0.407 e.